The Kier molecular flexibility index (Phi) is 2.74. The normalized spacial score (nSPS) is 10.2. The Morgan fingerprint density at radius 3 is 2.47 bits per heavy atom. The smallest absolute Gasteiger partial charge is 0.337 e. The summed E-state index contributed by atoms with van der Waals surface area (Å²) in [5.74, 6) is -1.51. The van der Waals surface area contributed by atoms with E-state index in [0.717, 1.165) is 0 Å². The SMILES string of the molecule is Nc1cncc(C(=O)O)c1-c1ccc(F)cc1. The number of carbonyl (C=O) groups is 1. The Balaban J connectivity index is 2.65. The quantitative estimate of drug-likeness (QED) is 0.831. The largest absolute Gasteiger partial charge is 0.478 e. The first-order valence-electron chi connectivity index (χ1n) is 4.82. The lowest BCUT2D eigenvalue weighted by Gasteiger charge is -2.08. The molecule has 0 aliphatic rings. The molecule has 0 spiro atoms. The molecule has 0 saturated heterocycles. The monoisotopic (exact) mass is 232 g/mol. The van der Waals surface area contributed by atoms with Gasteiger partial charge in [0.15, 0.2) is 0 Å². The fourth-order valence-electron chi connectivity index (χ4n) is 1.58. The van der Waals surface area contributed by atoms with Gasteiger partial charge in [0.05, 0.1) is 17.4 Å². The second kappa shape index (κ2) is 4.21. The maximum atomic E-state index is 12.8. The predicted molar refractivity (Wildman–Crippen MR) is 61.0 cm³/mol. The van der Waals surface area contributed by atoms with E-state index in [0.29, 0.717) is 11.1 Å². The molecule has 2 aromatic rings. The average Bonchev–Trinajstić information content (AvgIpc) is 2.30. The van der Waals surface area contributed by atoms with Gasteiger partial charge in [0.25, 0.3) is 0 Å². The second-order valence-electron chi connectivity index (χ2n) is 3.46. The Bertz CT molecular complexity index is 567. The van der Waals surface area contributed by atoms with Crippen LogP contribution < -0.4 is 5.73 Å². The molecule has 4 nitrogen and oxygen atoms in total. The number of nitrogens with two attached hydrogens (primary N) is 1. The molecule has 0 aliphatic carbocycles. The number of carboxylic acids is 1. The zero-order chi connectivity index (χ0) is 12.4. The van der Waals surface area contributed by atoms with E-state index in [9.17, 15) is 9.18 Å². The van der Waals surface area contributed by atoms with Gasteiger partial charge < -0.3 is 10.8 Å². The van der Waals surface area contributed by atoms with Crippen LogP contribution in [0.5, 0.6) is 0 Å². The first-order chi connectivity index (χ1) is 8.09. The molecule has 1 aromatic heterocycles. The average molecular weight is 232 g/mol. The van der Waals surface area contributed by atoms with E-state index in [-0.39, 0.29) is 11.3 Å². The summed E-state index contributed by atoms with van der Waals surface area (Å²) in [5.41, 5.74) is 6.85. The van der Waals surface area contributed by atoms with Gasteiger partial charge in [-0.1, -0.05) is 12.1 Å². The summed E-state index contributed by atoms with van der Waals surface area (Å²) in [6, 6.07) is 5.46. The Hall–Kier alpha value is -2.43. The Labute approximate surface area is 96.5 Å². The molecule has 17 heavy (non-hydrogen) atoms. The summed E-state index contributed by atoms with van der Waals surface area (Å²) in [4.78, 5) is 14.8. The van der Waals surface area contributed by atoms with Crippen LogP contribution in [0.3, 0.4) is 0 Å². The summed E-state index contributed by atoms with van der Waals surface area (Å²) in [5, 5.41) is 9.04. The number of hydrogen-bond donors (Lipinski definition) is 2. The number of anilines is 1. The van der Waals surface area contributed by atoms with Crippen LogP contribution in [-0.2, 0) is 0 Å². The van der Waals surface area contributed by atoms with Gasteiger partial charge in [0.1, 0.15) is 5.82 Å². The van der Waals surface area contributed by atoms with Crippen molar-refractivity contribution in [1.82, 2.24) is 4.98 Å². The third-order valence-corrected chi connectivity index (χ3v) is 2.34. The van der Waals surface area contributed by atoms with E-state index in [1.807, 2.05) is 0 Å². The van der Waals surface area contributed by atoms with Crippen molar-refractivity contribution in [3.8, 4) is 11.1 Å². The van der Waals surface area contributed by atoms with Crippen LogP contribution in [0.25, 0.3) is 11.1 Å². The first-order valence-corrected chi connectivity index (χ1v) is 4.82. The number of pyridine rings is 1. The molecular weight excluding hydrogens is 223 g/mol. The van der Waals surface area contributed by atoms with E-state index in [1.54, 1.807) is 0 Å². The number of nitrogen functional groups attached to an aromatic ring is 1. The molecule has 0 amide bonds. The molecule has 0 aliphatic heterocycles. The summed E-state index contributed by atoms with van der Waals surface area (Å²) in [6.07, 6.45) is 2.59. The summed E-state index contributed by atoms with van der Waals surface area (Å²) in [6.45, 7) is 0. The number of aromatic carboxylic acids is 1. The van der Waals surface area contributed by atoms with Crippen LogP contribution >= 0.6 is 0 Å². The molecule has 0 atom stereocenters. The molecule has 0 saturated carbocycles. The van der Waals surface area contributed by atoms with Crippen molar-refractivity contribution in [2.75, 3.05) is 5.73 Å². The molecule has 0 bridgehead atoms. The third kappa shape index (κ3) is 2.08. The van der Waals surface area contributed by atoms with E-state index in [2.05, 4.69) is 4.98 Å². The molecule has 1 aromatic carbocycles. The lowest BCUT2D eigenvalue weighted by molar-refractivity contribution is 0.0697. The minimum absolute atomic E-state index is 0.00314. The highest BCUT2D eigenvalue weighted by Gasteiger charge is 2.14. The Morgan fingerprint density at radius 2 is 1.88 bits per heavy atom. The molecule has 2 rings (SSSR count). The van der Waals surface area contributed by atoms with E-state index < -0.39 is 11.8 Å². The molecular formula is C12H9FN2O2. The lowest BCUT2D eigenvalue weighted by Crippen LogP contribution is -2.03. The molecule has 0 unspecified atom stereocenters. The number of carboxylic acid groups (broad SMARTS) is 1. The maximum absolute atomic E-state index is 12.8. The Morgan fingerprint density at radius 1 is 1.24 bits per heavy atom. The second-order valence-corrected chi connectivity index (χ2v) is 3.46. The number of hydrogen-bond acceptors (Lipinski definition) is 3. The highest BCUT2D eigenvalue weighted by molar-refractivity contribution is 5.99. The zero-order valence-electron chi connectivity index (χ0n) is 8.72. The van der Waals surface area contributed by atoms with Crippen molar-refractivity contribution in [2.24, 2.45) is 0 Å². The standard InChI is InChI=1S/C12H9FN2O2/c13-8-3-1-7(2-4-8)11-9(12(16)17)5-15-6-10(11)14/h1-6H,14H2,(H,16,17). The van der Waals surface area contributed by atoms with Gasteiger partial charge in [0.2, 0.25) is 0 Å². The van der Waals surface area contributed by atoms with Gasteiger partial charge >= 0.3 is 5.97 Å². The van der Waals surface area contributed by atoms with Gasteiger partial charge in [-0.3, -0.25) is 4.98 Å². The fourth-order valence-corrected chi connectivity index (χ4v) is 1.58. The highest BCUT2D eigenvalue weighted by atomic mass is 19.1. The van der Waals surface area contributed by atoms with Crippen LogP contribution in [0.4, 0.5) is 10.1 Å². The van der Waals surface area contributed by atoms with E-state index >= 15 is 0 Å². The van der Waals surface area contributed by atoms with Crippen molar-refractivity contribution in [2.45, 2.75) is 0 Å². The van der Waals surface area contributed by atoms with Crippen LogP contribution in [0.2, 0.25) is 0 Å². The van der Waals surface area contributed by atoms with Crippen LogP contribution in [-0.4, -0.2) is 16.1 Å². The van der Waals surface area contributed by atoms with Crippen molar-refractivity contribution in [1.29, 1.82) is 0 Å². The minimum atomic E-state index is -1.12. The number of nitrogens with zero attached hydrogens (tertiary/aromatic N) is 1. The van der Waals surface area contributed by atoms with Crippen LogP contribution in [0.1, 0.15) is 10.4 Å². The van der Waals surface area contributed by atoms with Crippen molar-refractivity contribution in [3.63, 3.8) is 0 Å². The van der Waals surface area contributed by atoms with Crippen molar-refractivity contribution >= 4 is 11.7 Å². The molecule has 86 valence electrons. The van der Waals surface area contributed by atoms with Gasteiger partial charge in [-0.05, 0) is 17.7 Å². The topological polar surface area (TPSA) is 76.2 Å². The molecule has 3 N–H and O–H groups in total. The van der Waals surface area contributed by atoms with E-state index in [1.165, 1.54) is 36.7 Å². The fraction of sp³-hybridized carbons (Fsp3) is 0. The maximum Gasteiger partial charge on any atom is 0.337 e. The molecule has 5 heteroatoms. The van der Waals surface area contributed by atoms with Crippen LogP contribution in [0, 0.1) is 5.82 Å². The van der Waals surface area contributed by atoms with Gasteiger partial charge in [-0.25, -0.2) is 9.18 Å². The number of aromatic nitrogens is 1. The number of benzene rings is 1. The summed E-state index contributed by atoms with van der Waals surface area (Å²) < 4.78 is 12.8. The first kappa shape index (κ1) is 11.1. The molecule has 1 heterocycles. The highest BCUT2D eigenvalue weighted by Crippen LogP contribution is 2.28. The van der Waals surface area contributed by atoms with Gasteiger partial charge in [-0.2, -0.15) is 0 Å². The van der Waals surface area contributed by atoms with Gasteiger partial charge in [-0.15, -0.1) is 0 Å². The molecule has 0 radical (unpaired) electrons. The number of halogens is 1. The van der Waals surface area contributed by atoms with Crippen LogP contribution in [0.15, 0.2) is 36.7 Å². The third-order valence-electron chi connectivity index (χ3n) is 2.34. The van der Waals surface area contributed by atoms with Crippen molar-refractivity contribution < 1.29 is 14.3 Å². The minimum Gasteiger partial charge on any atom is -0.478 e. The summed E-state index contributed by atoms with van der Waals surface area (Å²) in [7, 11) is 0. The number of rotatable bonds is 2. The van der Waals surface area contributed by atoms with Gasteiger partial charge in [0, 0.05) is 11.8 Å². The lowest BCUT2D eigenvalue weighted by atomic mass is 10.0. The predicted octanol–water partition coefficient (Wildman–Crippen LogP) is 2.17. The van der Waals surface area contributed by atoms with Crippen molar-refractivity contribution in [3.05, 3.63) is 48.0 Å². The van der Waals surface area contributed by atoms with E-state index in [4.69, 9.17) is 10.8 Å². The zero-order valence-corrected chi connectivity index (χ0v) is 8.72. The summed E-state index contributed by atoms with van der Waals surface area (Å²) >= 11 is 0. The molecule has 0 fully saturated rings.